The van der Waals surface area contributed by atoms with E-state index in [2.05, 4.69) is 13.8 Å². The van der Waals surface area contributed by atoms with Crippen LogP contribution in [0.4, 0.5) is 0 Å². The SMILES string of the molecule is CCCc1cc(O)c(CCC)c(CCCCCC(=O)OCC)c1O. The summed E-state index contributed by atoms with van der Waals surface area (Å²) in [5, 5.41) is 20.9. The van der Waals surface area contributed by atoms with Gasteiger partial charge in [0.25, 0.3) is 0 Å². The van der Waals surface area contributed by atoms with Crippen molar-refractivity contribution < 1.29 is 19.7 Å². The summed E-state index contributed by atoms with van der Waals surface area (Å²) < 4.78 is 4.92. The van der Waals surface area contributed by atoms with Crippen molar-refractivity contribution in [3.63, 3.8) is 0 Å². The minimum absolute atomic E-state index is 0.144. The van der Waals surface area contributed by atoms with Gasteiger partial charge in [-0.2, -0.15) is 0 Å². The van der Waals surface area contributed by atoms with Gasteiger partial charge in [-0.15, -0.1) is 0 Å². The number of carbonyl (C=O) groups is 1. The average Bonchev–Trinajstić information content (AvgIpc) is 2.54. The van der Waals surface area contributed by atoms with Crippen LogP contribution in [0.25, 0.3) is 0 Å². The zero-order chi connectivity index (χ0) is 17.9. The second kappa shape index (κ2) is 11.0. The number of hydrogen-bond donors (Lipinski definition) is 2. The number of phenolic OH excluding ortho intramolecular Hbond substituents is 2. The molecule has 0 bridgehead atoms. The van der Waals surface area contributed by atoms with Crippen LogP contribution < -0.4 is 0 Å². The lowest BCUT2D eigenvalue weighted by molar-refractivity contribution is -0.143. The quantitative estimate of drug-likeness (QED) is 0.350. The number of esters is 1. The maximum absolute atomic E-state index is 11.3. The fourth-order valence-electron chi connectivity index (χ4n) is 3.05. The maximum Gasteiger partial charge on any atom is 0.305 e. The summed E-state index contributed by atoms with van der Waals surface area (Å²) in [6, 6.07) is 1.72. The normalized spacial score (nSPS) is 10.8. The smallest absolute Gasteiger partial charge is 0.305 e. The molecule has 1 rings (SSSR count). The molecule has 0 aliphatic rings. The number of phenols is 2. The minimum Gasteiger partial charge on any atom is -0.508 e. The van der Waals surface area contributed by atoms with Gasteiger partial charge in [-0.3, -0.25) is 4.79 Å². The molecule has 136 valence electrons. The molecule has 0 aromatic heterocycles. The van der Waals surface area contributed by atoms with Crippen molar-refractivity contribution in [3.8, 4) is 11.5 Å². The highest BCUT2D eigenvalue weighted by atomic mass is 16.5. The summed E-state index contributed by atoms with van der Waals surface area (Å²) in [6.07, 6.45) is 7.16. The molecule has 4 heteroatoms. The summed E-state index contributed by atoms with van der Waals surface area (Å²) in [5.41, 5.74) is 2.59. The van der Waals surface area contributed by atoms with Crippen LogP contribution in [-0.4, -0.2) is 22.8 Å². The van der Waals surface area contributed by atoms with Gasteiger partial charge in [0.1, 0.15) is 11.5 Å². The molecule has 1 aromatic carbocycles. The highest BCUT2D eigenvalue weighted by Gasteiger charge is 2.16. The monoisotopic (exact) mass is 336 g/mol. The molecule has 1 aromatic rings. The molecule has 0 spiro atoms. The Morgan fingerprint density at radius 2 is 1.67 bits per heavy atom. The molecule has 24 heavy (non-hydrogen) atoms. The van der Waals surface area contributed by atoms with Gasteiger partial charge < -0.3 is 14.9 Å². The van der Waals surface area contributed by atoms with E-state index in [1.807, 2.05) is 6.92 Å². The third kappa shape index (κ3) is 6.06. The number of aryl methyl sites for hydroxylation is 1. The van der Waals surface area contributed by atoms with E-state index in [1.54, 1.807) is 6.07 Å². The molecule has 0 aliphatic carbocycles. The van der Waals surface area contributed by atoms with Crippen molar-refractivity contribution in [2.45, 2.75) is 78.6 Å². The lowest BCUT2D eigenvalue weighted by Crippen LogP contribution is -2.03. The molecular formula is C20H32O4. The summed E-state index contributed by atoms with van der Waals surface area (Å²) >= 11 is 0. The molecular weight excluding hydrogens is 304 g/mol. The second-order valence-corrected chi connectivity index (χ2v) is 6.23. The van der Waals surface area contributed by atoms with Gasteiger partial charge in [0.05, 0.1) is 6.61 Å². The van der Waals surface area contributed by atoms with Gasteiger partial charge in [0, 0.05) is 17.5 Å². The largest absolute Gasteiger partial charge is 0.508 e. The van der Waals surface area contributed by atoms with E-state index in [4.69, 9.17) is 4.74 Å². The standard InChI is InChI=1S/C20H32O4/c1-4-10-15-14-18(21)16(11-5-2)17(20(15)23)12-8-7-9-13-19(22)24-6-3/h14,21,23H,4-13H2,1-3H3. The fraction of sp³-hybridized carbons (Fsp3) is 0.650. The third-order valence-corrected chi connectivity index (χ3v) is 4.21. The van der Waals surface area contributed by atoms with Crippen LogP contribution in [0.1, 0.15) is 76.0 Å². The van der Waals surface area contributed by atoms with Gasteiger partial charge in [-0.05, 0) is 50.7 Å². The number of unbranched alkanes of at least 4 members (excludes halogenated alkanes) is 2. The average molecular weight is 336 g/mol. The lowest BCUT2D eigenvalue weighted by atomic mass is 9.92. The van der Waals surface area contributed by atoms with Crippen molar-refractivity contribution in [3.05, 3.63) is 22.8 Å². The Labute approximate surface area is 145 Å². The highest BCUT2D eigenvalue weighted by Crippen LogP contribution is 2.36. The Kier molecular flexibility index (Phi) is 9.28. The van der Waals surface area contributed by atoms with Gasteiger partial charge in [-0.25, -0.2) is 0 Å². The third-order valence-electron chi connectivity index (χ3n) is 4.21. The number of hydrogen-bond acceptors (Lipinski definition) is 4. The van der Waals surface area contributed by atoms with Crippen LogP contribution in [0.5, 0.6) is 11.5 Å². The molecule has 2 N–H and O–H groups in total. The van der Waals surface area contributed by atoms with Gasteiger partial charge in [-0.1, -0.05) is 33.1 Å². The first-order valence-corrected chi connectivity index (χ1v) is 9.26. The Morgan fingerprint density at radius 1 is 0.958 bits per heavy atom. The van der Waals surface area contributed by atoms with E-state index in [0.29, 0.717) is 24.5 Å². The van der Waals surface area contributed by atoms with Crippen LogP contribution in [0.2, 0.25) is 0 Å². The van der Waals surface area contributed by atoms with Gasteiger partial charge in [0.15, 0.2) is 0 Å². The Balaban J connectivity index is 2.72. The van der Waals surface area contributed by atoms with Crippen molar-refractivity contribution in [2.24, 2.45) is 0 Å². The summed E-state index contributed by atoms with van der Waals surface area (Å²) in [6.45, 7) is 6.37. The number of benzene rings is 1. The first-order valence-electron chi connectivity index (χ1n) is 9.26. The zero-order valence-corrected chi connectivity index (χ0v) is 15.4. The van der Waals surface area contributed by atoms with Crippen molar-refractivity contribution in [2.75, 3.05) is 6.61 Å². The van der Waals surface area contributed by atoms with E-state index in [9.17, 15) is 15.0 Å². The first-order chi connectivity index (χ1) is 11.5. The predicted molar refractivity (Wildman–Crippen MR) is 96.6 cm³/mol. The number of ether oxygens (including phenoxy) is 1. The predicted octanol–water partition coefficient (Wildman–Crippen LogP) is 4.67. The van der Waals surface area contributed by atoms with Crippen LogP contribution in [-0.2, 0) is 28.8 Å². The summed E-state index contributed by atoms with van der Waals surface area (Å²) in [7, 11) is 0. The summed E-state index contributed by atoms with van der Waals surface area (Å²) in [4.78, 5) is 11.3. The molecule has 0 heterocycles. The van der Waals surface area contributed by atoms with E-state index in [0.717, 1.165) is 68.1 Å². The van der Waals surface area contributed by atoms with Crippen molar-refractivity contribution >= 4 is 5.97 Å². The molecule has 0 fully saturated rings. The lowest BCUT2D eigenvalue weighted by Gasteiger charge is -2.16. The molecule has 0 unspecified atom stereocenters. The number of aromatic hydroxyl groups is 2. The Hall–Kier alpha value is -1.71. The Bertz CT molecular complexity index is 523. The van der Waals surface area contributed by atoms with Crippen LogP contribution in [0.3, 0.4) is 0 Å². The topological polar surface area (TPSA) is 66.8 Å². The molecule has 0 saturated carbocycles. The number of carbonyl (C=O) groups excluding carboxylic acids is 1. The maximum atomic E-state index is 11.3. The molecule has 0 aliphatic heterocycles. The zero-order valence-electron chi connectivity index (χ0n) is 15.4. The first kappa shape index (κ1) is 20.3. The Morgan fingerprint density at radius 3 is 2.29 bits per heavy atom. The van der Waals surface area contributed by atoms with Crippen LogP contribution in [0.15, 0.2) is 6.07 Å². The number of rotatable bonds is 11. The minimum atomic E-state index is -0.144. The van der Waals surface area contributed by atoms with E-state index in [-0.39, 0.29) is 5.97 Å². The molecule has 0 saturated heterocycles. The fourth-order valence-corrected chi connectivity index (χ4v) is 3.05. The van der Waals surface area contributed by atoms with Crippen LogP contribution in [0, 0.1) is 0 Å². The van der Waals surface area contributed by atoms with E-state index >= 15 is 0 Å². The van der Waals surface area contributed by atoms with Gasteiger partial charge >= 0.3 is 5.97 Å². The molecule has 0 amide bonds. The molecule has 4 nitrogen and oxygen atoms in total. The summed E-state index contributed by atoms with van der Waals surface area (Å²) in [5.74, 6) is 0.512. The highest BCUT2D eigenvalue weighted by molar-refractivity contribution is 5.69. The second-order valence-electron chi connectivity index (χ2n) is 6.23. The molecule has 0 radical (unpaired) electrons. The molecule has 0 atom stereocenters. The van der Waals surface area contributed by atoms with E-state index in [1.165, 1.54) is 0 Å². The van der Waals surface area contributed by atoms with Crippen molar-refractivity contribution in [1.82, 2.24) is 0 Å². The van der Waals surface area contributed by atoms with Crippen molar-refractivity contribution in [1.29, 1.82) is 0 Å². The van der Waals surface area contributed by atoms with Crippen LogP contribution >= 0.6 is 0 Å². The van der Waals surface area contributed by atoms with E-state index < -0.39 is 0 Å². The van der Waals surface area contributed by atoms with Gasteiger partial charge in [0.2, 0.25) is 0 Å².